The van der Waals surface area contributed by atoms with Gasteiger partial charge in [0.1, 0.15) is 5.82 Å². The van der Waals surface area contributed by atoms with E-state index in [1.807, 2.05) is 31.2 Å². The number of allylic oxidation sites excluding steroid dienone is 2. The van der Waals surface area contributed by atoms with Crippen LogP contribution in [0.25, 0.3) is 0 Å². The zero-order valence-corrected chi connectivity index (χ0v) is 7.99. The highest BCUT2D eigenvalue weighted by molar-refractivity contribution is 5.42. The van der Waals surface area contributed by atoms with E-state index < -0.39 is 0 Å². The topological polar surface area (TPSA) is 70.0 Å². The molecule has 1 aliphatic heterocycles. The van der Waals surface area contributed by atoms with Crippen molar-refractivity contribution in [2.24, 2.45) is 5.84 Å². The Bertz CT molecular complexity index is 376. The normalized spacial score (nSPS) is 15.6. The van der Waals surface area contributed by atoms with Crippen LogP contribution in [0, 0.1) is 6.92 Å². The van der Waals surface area contributed by atoms with Crippen LogP contribution in [0.5, 0.6) is 0 Å². The number of nitrogens with one attached hydrogen (secondary N) is 2. The number of nitrogens with two attached hydrogens (primary N) is 1. The number of rotatable bonds is 2. The molecule has 5 nitrogen and oxygen atoms in total. The maximum Gasteiger partial charge on any atom is 0.153 e. The molecule has 0 saturated carbocycles. The molecule has 1 aromatic heterocycles. The Hall–Kier alpha value is -1.75. The number of aromatic amines is 1. The molecule has 4 N–H and O–H groups in total. The molecular weight excluding hydrogens is 178 g/mol. The lowest BCUT2D eigenvalue weighted by Crippen LogP contribution is -2.35. The summed E-state index contributed by atoms with van der Waals surface area (Å²) in [5.41, 5.74) is 1.02. The average Bonchev–Trinajstić information content (AvgIpc) is 2.56. The SMILES string of the molecule is Cc1cc(NC2=CC=CCN2N)n[nH]1. The number of anilines is 1. The second-order valence-corrected chi connectivity index (χ2v) is 3.19. The Kier molecular flexibility index (Phi) is 2.24. The van der Waals surface area contributed by atoms with Gasteiger partial charge >= 0.3 is 0 Å². The van der Waals surface area contributed by atoms with E-state index in [2.05, 4.69) is 15.5 Å². The van der Waals surface area contributed by atoms with Gasteiger partial charge in [-0.05, 0) is 13.0 Å². The minimum atomic E-state index is 0.711. The number of hydrogen-bond donors (Lipinski definition) is 3. The third kappa shape index (κ3) is 1.77. The monoisotopic (exact) mass is 191 g/mol. The van der Waals surface area contributed by atoms with Crippen LogP contribution in [-0.4, -0.2) is 21.8 Å². The van der Waals surface area contributed by atoms with Gasteiger partial charge in [-0.25, -0.2) is 5.84 Å². The van der Waals surface area contributed by atoms with Gasteiger partial charge < -0.3 is 5.32 Å². The van der Waals surface area contributed by atoms with Crippen LogP contribution in [-0.2, 0) is 0 Å². The summed E-state index contributed by atoms with van der Waals surface area (Å²) in [6, 6.07) is 1.92. The number of aryl methyl sites for hydroxylation is 1. The predicted octanol–water partition coefficient (Wildman–Crippen LogP) is 0.717. The van der Waals surface area contributed by atoms with Crippen LogP contribution in [0.1, 0.15) is 5.69 Å². The van der Waals surface area contributed by atoms with Crippen molar-refractivity contribution in [3.8, 4) is 0 Å². The highest BCUT2D eigenvalue weighted by Gasteiger charge is 2.07. The van der Waals surface area contributed by atoms with E-state index in [9.17, 15) is 0 Å². The van der Waals surface area contributed by atoms with Gasteiger partial charge in [0.2, 0.25) is 0 Å². The Morgan fingerprint density at radius 2 is 2.50 bits per heavy atom. The molecule has 0 atom stereocenters. The zero-order chi connectivity index (χ0) is 9.97. The first-order chi connectivity index (χ1) is 6.75. The minimum Gasteiger partial charge on any atom is -0.324 e. The molecule has 0 unspecified atom stereocenters. The molecule has 0 spiro atoms. The Morgan fingerprint density at radius 1 is 1.64 bits per heavy atom. The van der Waals surface area contributed by atoms with Crippen molar-refractivity contribution < 1.29 is 0 Å². The predicted molar refractivity (Wildman–Crippen MR) is 55.1 cm³/mol. The number of nitrogens with zero attached hydrogens (tertiary/aromatic N) is 2. The molecule has 14 heavy (non-hydrogen) atoms. The summed E-state index contributed by atoms with van der Waals surface area (Å²) in [7, 11) is 0. The first kappa shape index (κ1) is 8.83. The molecule has 1 aliphatic rings. The molecule has 0 aromatic carbocycles. The Morgan fingerprint density at radius 3 is 3.14 bits per heavy atom. The summed E-state index contributed by atoms with van der Waals surface area (Å²) in [6.45, 7) is 2.66. The second-order valence-electron chi connectivity index (χ2n) is 3.19. The Balaban J connectivity index is 2.10. The summed E-state index contributed by atoms with van der Waals surface area (Å²) in [5.74, 6) is 7.37. The van der Waals surface area contributed by atoms with Gasteiger partial charge in [0.15, 0.2) is 5.82 Å². The van der Waals surface area contributed by atoms with Gasteiger partial charge in [-0.2, -0.15) is 5.10 Å². The van der Waals surface area contributed by atoms with E-state index >= 15 is 0 Å². The van der Waals surface area contributed by atoms with Crippen LogP contribution in [0.2, 0.25) is 0 Å². The third-order valence-corrected chi connectivity index (χ3v) is 1.96. The van der Waals surface area contributed by atoms with Crippen molar-refractivity contribution in [2.45, 2.75) is 6.92 Å². The quantitative estimate of drug-likeness (QED) is 0.602. The minimum absolute atomic E-state index is 0.711. The summed E-state index contributed by atoms with van der Waals surface area (Å²) in [6.07, 6.45) is 5.86. The van der Waals surface area contributed by atoms with Crippen LogP contribution >= 0.6 is 0 Å². The van der Waals surface area contributed by atoms with Gasteiger partial charge in [-0.1, -0.05) is 12.2 Å². The van der Waals surface area contributed by atoms with Crippen molar-refractivity contribution in [3.63, 3.8) is 0 Å². The summed E-state index contributed by atoms with van der Waals surface area (Å²) >= 11 is 0. The fraction of sp³-hybridized carbons (Fsp3) is 0.222. The molecule has 0 amide bonds. The standard InChI is InChI=1S/C9H13N5/c1-7-6-8(13-12-7)11-9-4-2-3-5-14(9)10/h2-4,6H,5,10H2,1H3,(H2,11,12,13). The fourth-order valence-corrected chi connectivity index (χ4v) is 1.25. The Labute approximate surface area is 82.3 Å². The van der Waals surface area contributed by atoms with E-state index in [4.69, 9.17) is 5.84 Å². The third-order valence-electron chi connectivity index (χ3n) is 1.96. The number of H-pyrrole nitrogens is 1. The smallest absolute Gasteiger partial charge is 0.153 e. The maximum absolute atomic E-state index is 5.75. The van der Waals surface area contributed by atoms with E-state index in [0.717, 1.165) is 17.3 Å². The molecule has 1 aromatic rings. The van der Waals surface area contributed by atoms with Crippen molar-refractivity contribution in [3.05, 3.63) is 35.8 Å². The molecule has 0 fully saturated rings. The lowest BCUT2D eigenvalue weighted by molar-refractivity contribution is 0.398. The van der Waals surface area contributed by atoms with E-state index in [-0.39, 0.29) is 0 Å². The summed E-state index contributed by atoms with van der Waals surface area (Å²) in [4.78, 5) is 0. The van der Waals surface area contributed by atoms with Crippen molar-refractivity contribution >= 4 is 5.82 Å². The molecule has 0 aliphatic carbocycles. The van der Waals surface area contributed by atoms with Gasteiger partial charge in [0.05, 0.1) is 6.54 Å². The van der Waals surface area contributed by atoms with E-state index in [0.29, 0.717) is 6.54 Å². The molecule has 0 bridgehead atoms. The summed E-state index contributed by atoms with van der Waals surface area (Å²) < 4.78 is 0. The van der Waals surface area contributed by atoms with E-state index in [1.165, 1.54) is 0 Å². The lowest BCUT2D eigenvalue weighted by Gasteiger charge is -2.22. The van der Waals surface area contributed by atoms with Crippen molar-refractivity contribution in [1.29, 1.82) is 0 Å². The molecule has 0 saturated heterocycles. The van der Waals surface area contributed by atoms with Crippen LogP contribution in [0.4, 0.5) is 5.82 Å². The maximum atomic E-state index is 5.75. The van der Waals surface area contributed by atoms with Crippen molar-refractivity contribution in [1.82, 2.24) is 15.2 Å². The average molecular weight is 191 g/mol. The van der Waals surface area contributed by atoms with Crippen molar-refractivity contribution in [2.75, 3.05) is 11.9 Å². The number of aromatic nitrogens is 2. The highest BCUT2D eigenvalue weighted by atomic mass is 15.5. The van der Waals surface area contributed by atoms with E-state index in [1.54, 1.807) is 5.01 Å². The summed E-state index contributed by atoms with van der Waals surface area (Å²) in [5, 5.41) is 11.7. The molecule has 0 radical (unpaired) electrons. The van der Waals surface area contributed by atoms with Gasteiger partial charge in [-0.3, -0.25) is 10.1 Å². The molecule has 74 valence electrons. The van der Waals surface area contributed by atoms with Crippen LogP contribution in [0.3, 0.4) is 0 Å². The first-order valence-corrected chi connectivity index (χ1v) is 4.44. The van der Waals surface area contributed by atoms with Gasteiger partial charge in [0.25, 0.3) is 0 Å². The highest BCUT2D eigenvalue weighted by Crippen LogP contribution is 2.11. The molecule has 5 heteroatoms. The second kappa shape index (κ2) is 3.55. The number of hydrazine groups is 1. The zero-order valence-electron chi connectivity index (χ0n) is 7.99. The number of hydrogen-bond acceptors (Lipinski definition) is 4. The lowest BCUT2D eigenvalue weighted by atomic mass is 10.3. The molecule has 2 rings (SSSR count). The molecular formula is C9H13N5. The van der Waals surface area contributed by atoms with Crippen LogP contribution < -0.4 is 11.2 Å². The van der Waals surface area contributed by atoms with Crippen LogP contribution in [0.15, 0.2) is 30.1 Å². The fourth-order valence-electron chi connectivity index (χ4n) is 1.25. The van der Waals surface area contributed by atoms with Gasteiger partial charge in [-0.15, -0.1) is 0 Å². The largest absolute Gasteiger partial charge is 0.324 e. The van der Waals surface area contributed by atoms with Gasteiger partial charge in [0, 0.05) is 11.8 Å². The first-order valence-electron chi connectivity index (χ1n) is 4.44. The molecule has 2 heterocycles.